The van der Waals surface area contributed by atoms with Gasteiger partial charge in [0.25, 0.3) is 11.6 Å². The molecule has 0 unspecified atom stereocenters. The molecule has 1 aliphatic rings. The Balaban J connectivity index is 1.51. The number of aryl methyl sites for hydroxylation is 1. The van der Waals surface area contributed by atoms with Crippen LogP contribution in [0.5, 0.6) is 11.5 Å². The number of non-ortho nitro benzene ring substituents is 1. The summed E-state index contributed by atoms with van der Waals surface area (Å²) in [6, 6.07) is 17.4. The lowest BCUT2D eigenvalue weighted by Gasteiger charge is -2.13. The number of hydrogen-bond donors (Lipinski definition) is 1. The number of amidine groups is 1. The average Bonchev–Trinajstić information content (AvgIpc) is 3.21. The van der Waals surface area contributed by atoms with Crippen LogP contribution in [-0.2, 0) is 17.8 Å². The number of carbonyl (C=O) groups excluding carboxylic acids is 1. The van der Waals surface area contributed by atoms with E-state index in [2.05, 4.69) is 17.2 Å². The first kappa shape index (κ1) is 25.3. The molecular formula is C26H22ClN3O5S. The number of amides is 1. The average molecular weight is 524 g/mol. The van der Waals surface area contributed by atoms with Crippen molar-refractivity contribution in [3.8, 4) is 11.5 Å². The Kier molecular flexibility index (Phi) is 7.92. The van der Waals surface area contributed by atoms with Gasteiger partial charge in [0.15, 0.2) is 16.7 Å². The molecular weight excluding hydrogens is 502 g/mol. The van der Waals surface area contributed by atoms with Gasteiger partial charge in [0.2, 0.25) is 0 Å². The highest BCUT2D eigenvalue weighted by Gasteiger charge is 2.24. The van der Waals surface area contributed by atoms with Crippen molar-refractivity contribution in [2.24, 2.45) is 4.99 Å². The summed E-state index contributed by atoms with van der Waals surface area (Å²) in [7, 11) is 1.48. The molecule has 0 atom stereocenters. The van der Waals surface area contributed by atoms with E-state index in [4.69, 9.17) is 21.1 Å². The van der Waals surface area contributed by atoms with Crippen molar-refractivity contribution in [1.82, 2.24) is 5.32 Å². The molecule has 3 aromatic rings. The van der Waals surface area contributed by atoms with Crippen LogP contribution in [0.3, 0.4) is 0 Å². The summed E-state index contributed by atoms with van der Waals surface area (Å²) >= 11 is 7.70. The van der Waals surface area contributed by atoms with Gasteiger partial charge in [-0.05, 0) is 65.2 Å². The van der Waals surface area contributed by atoms with Gasteiger partial charge < -0.3 is 14.8 Å². The minimum Gasteiger partial charge on any atom is -0.493 e. The SMILES string of the molecule is CCc1ccc(N=C2NC(=O)/C(=C/c3cc(Cl)c(OCc4cccc([N+](=O)[O-])c4)c(OC)c3)S2)cc1. The number of benzene rings is 3. The molecule has 0 aromatic heterocycles. The van der Waals surface area contributed by atoms with Gasteiger partial charge >= 0.3 is 0 Å². The lowest BCUT2D eigenvalue weighted by atomic mass is 10.1. The van der Waals surface area contributed by atoms with Crippen molar-refractivity contribution in [2.45, 2.75) is 20.0 Å². The van der Waals surface area contributed by atoms with Gasteiger partial charge in [0, 0.05) is 12.1 Å². The van der Waals surface area contributed by atoms with Gasteiger partial charge in [-0.15, -0.1) is 0 Å². The van der Waals surface area contributed by atoms with E-state index in [9.17, 15) is 14.9 Å². The molecule has 1 N–H and O–H groups in total. The summed E-state index contributed by atoms with van der Waals surface area (Å²) in [4.78, 5) is 28.0. The number of halogens is 1. The van der Waals surface area contributed by atoms with E-state index in [1.165, 1.54) is 36.6 Å². The van der Waals surface area contributed by atoms with Crippen molar-refractivity contribution in [3.05, 3.63) is 97.4 Å². The van der Waals surface area contributed by atoms with Gasteiger partial charge in [-0.25, -0.2) is 4.99 Å². The second kappa shape index (κ2) is 11.3. The van der Waals surface area contributed by atoms with Crippen LogP contribution < -0.4 is 14.8 Å². The van der Waals surface area contributed by atoms with E-state index in [0.717, 1.165) is 12.1 Å². The lowest BCUT2D eigenvalue weighted by molar-refractivity contribution is -0.384. The quantitative estimate of drug-likeness (QED) is 0.211. The Morgan fingerprint density at radius 1 is 1.14 bits per heavy atom. The fraction of sp³-hybridized carbons (Fsp3) is 0.154. The summed E-state index contributed by atoms with van der Waals surface area (Å²) in [6.45, 7) is 2.15. The predicted octanol–water partition coefficient (Wildman–Crippen LogP) is 6.29. The maximum absolute atomic E-state index is 12.5. The zero-order valence-electron chi connectivity index (χ0n) is 19.5. The van der Waals surface area contributed by atoms with E-state index >= 15 is 0 Å². The second-order valence-electron chi connectivity index (χ2n) is 7.75. The van der Waals surface area contributed by atoms with Crippen LogP contribution in [0.1, 0.15) is 23.6 Å². The van der Waals surface area contributed by atoms with Crippen LogP contribution in [0.25, 0.3) is 6.08 Å². The first-order valence-electron chi connectivity index (χ1n) is 11.0. The molecule has 10 heteroatoms. The largest absolute Gasteiger partial charge is 0.493 e. The molecule has 0 saturated carbocycles. The molecule has 0 bridgehead atoms. The van der Waals surface area contributed by atoms with Crippen molar-refractivity contribution in [3.63, 3.8) is 0 Å². The van der Waals surface area contributed by atoms with Crippen molar-refractivity contribution < 1.29 is 19.2 Å². The molecule has 184 valence electrons. The molecule has 1 aliphatic heterocycles. The number of nitrogens with zero attached hydrogens (tertiary/aromatic N) is 2. The molecule has 1 fully saturated rings. The van der Waals surface area contributed by atoms with Crippen LogP contribution in [0.4, 0.5) is 11.4 Å². The Hall–Kier alpha value is -3.82. The summed E-state index contributed by atoms with van der Waals surface area (Å²) in [5.74, 6) is 0.409. The fourth-order valence-corrected chi connectivity index (χ4v) is 4.55. The molecule has 1 heterocycles. The number of nitro groups is 1. The first-order valence-corrected chi connectivity index (χ1v) is 12.2. The summed E-state index contributed by atoms with van der Waals surface area (Å²) < 4.78 is 11.3. The predicted molar refractivity (Wildman–Crippen MR) is 142 cm³/mol. The second-order valence-corrected chi connectivity index (χ2v) is 9.19. The van der Waals surface area contributed by atoms with E-state index in [-0.39, 0.29) is 23.2 Å². The topological polar surface area (TPSA) is 103 Å². The van der Waals surface area contributed by atoms with Crippen molar-refractivity contribution in [1.29, 1.82) is 0 Å². The van der Waals surface area contributed by atoms with E-state index < -0.39 is 4.92 Å². The fourth-order valence-electron chi connectivity index (χ4n) is 3.43. The maximum atomic E-state index is 12.5. The number of ether oxygens (including phenoxy) is 2. The number of methoxy groups -OCH3 is 1. The molecule has 1 saturated heterocycles. The number of nitro benzene ring substituents is 1. The molecule has 1 amide bonds. The summed E-state index contributed by atoms with van der Waals surface area (Å²) in [6.07, 6.45) is 2.64. The lowest BCUT2D eigenvalue weighted by Crippen LogP contribution is -2.19. The number of aliphatic imine (C=N–C) groups is 1. The third-order valence-corrected chi connectivity index (χ3v) is 6.47. The van der Waals surface area contributed by atoms with Gasteiger partial charge in [-0.3, -0.25) is 14.9 Å². The molecule has 3 aromatic carbocycles. The minimum absolute atomic E-state index is 0.0237. The monoisotopic (exact) mass is 523 g/mol. The zero-order valence-corrected chi connectivity index (χ0v) is 21.1. The number of hydrogen-bond acceptors (Lipinski definition) is 7. The highest BCUT2D eigenvalue weighted by Crippen LogP contribution is 2.38. The molecule has 0 aliphatic carbocycles. The van der Waals surface area contributed by atoms with Crippen molar-refractivity contribution in [2.75, 3.05) is 7.11 Å². The molecule has 8 nitrogen and oxygen atoms in total. The van der Waals surface area contributed by atoms with Crippen molar-refractivity contribution >= 4 is 51.9 Å². The number of carbonyl (C=O) groups is 1. The Morgan fingerprint density at radius 3 is 2.61 bits per heavy atom. The van der Waals surface area contributed by atoms with E-state index in [1.54, 1.807) is 30.3 Å². The molecule has 0 spiro atoms. The Morgan fingerprint density at radius 2 is 1.92 bits per heavy atom. The number of thioether (sulfide) groups is 1. The third-order valence-electron chi connectivity index (χ3n) is 5.28. The standard InChI is InChI=1S/C26H22ClN3O5S/c1-3-16-7-9-19(10-8-16)28-26-29-25(31)23(36-26)14-18-12-21(27)24(22(13-18)34-2)35-15-17-5-4-6-20(11-17)30(32)33/h4-14H,3,15H2,1-2H3,(H,28,29,31)/b23-14-. The normalized spacial score (nSPS) is 15.2. The number of rotatable bonds is 8. The highest BCUT2D eigenvalue weighted by molar-refractivity contribution is 8.18. The highest BCUT2D eigenvalue weighted by atomic mass is 35.5. The Labute approximate surface area is 217 Å². The molecule has 4 rings (SSSR count). The van der Waals surface area contributed by atoms with Crippen LogP contribution in [-0.4, -0.2) is 23.1 Å². The summed E-state index contributed by atoms with van der Waals surface area (Å²) in [5, 5.41) is 14.5. The zero-order chi connectivity index (χ0) is 25.7. The van der Waals surface area contributed by atoms with E-state index in [0.29, 0.717) is 32.7 Å². The van der Waals surface area contributed by atoms with Crippen LogP contribution in [0.2, 0.25) is 5.02 Å². The van der Waals surface area contributed by atoms with Gasteiger partial charge in [0.05, 0.1) is 27.6 Å². The van der Waals surface area contributed by atoms with Gasteiger partial charge in [-0.2, -0.15) is 0 Å². The van der Waals surface area contributed by atoms with E-state index in [1.807, 2.05) is 24.3 Å². The Bertz CT molecular complexity index is 1370. The maximum Gasteiger partial charge on any atom is 0.269 e. The third kappa shape index (κ3) is 6.05. The van der Waals surface area contributed by atoms with Crippen LogP contribution >= 0.6 is 23.4 Å². The smallest absolute Gasteiger partial charge is 0.269 e. The van der Waals surface area contributed by atoms with Gasteiger partial charge in [-0.1, -0.05) is 42.8 Å². The number of nitrogens with one attached hydrogen (secondary N) is 1. The summed E-state index contributed by atoms with van der Waals surface area (Å²) in [5.41, 5.74) is 3.20. The minimum atomic E-state index is -0.464. The van der Waals surface area contributed by atoms with Crippen LogP contribution in [0, 0.1) is 10.1 Å². The van der Waals surface area contributed by atoms with Crippen LogP contribution in [0.15, 0.2) is 70.6 Å². The van der Waals surface area contributed by atoms with Gasteiger partial charge in [0.1, 0.15) is 6.61 Å². The first-order chi connectivity index (χ1) is 17.4. The molecule has 0 radical (unpaired) electrons. The molecule has 36 heavy (non-hydrogen) atoms.